The molecule has 0 fully saturated rings. The van der Waals surface area contributed by atoms with Crippen LogP contribution >= 0.6 is 0 Å². The molecule has 1 atom stereocenters. The van der Waals surface area contributed by atoms with Gasteiger partial charge in [0.05, 0.1) is 92.3 Å². The van der Waals surface area contributed by atoms with Crippen LogP contribution in [0, 0.1) is 0 Å². The standard InChI is InChI=1S/C29H49NO10/c1-24-29(2,3)26-23-25(5-6-27(26)30(24)8-7-28(31)32)40-22-21-39-20-19-38-18-17-37-16-15-36-14-13-35-12-11-34-10-9-33-4/h5-6,23-24H,7-22H2,1-4H3,(H,31,32). The Morgan fingerprint density at radius 2 is 1.23 bits per heavy atom. The van der Waals surface area contributed by atoms with Crippen molar-refractivity contribution in [3.05, 3.63) is 23.8 Å². The fourth-order valence-corrected chi connectivity index (χ4v) is 4.29. The molecule has 1 heterocycles. The molecule has 1 aliphatic heterocycles. The zero-order chi connectivity index (χ0) is 29.1. The smallest absolute Gasteiger partial charge is 0.305 e. The fourth-order valence-electron chi connectivity index (χ4n) is 4.29. The van der Waals surface area contributed by atoms with Gasteiger partial charge in [-0.1, -0.05) is 13.8 Å². The predicted molar refractivity (Wildman–Crippen MR) is 151 cm³/mol. The summed E-state index contributed by atoms with van der Waals surface area (Å²) in [4.78, 5) is 13.2. The summed E-state index contributed by atoms with van der Waals surface area (Å²) in [6, 6.07) is 6.23. The van der Waals surface area contributed by atoms with E-state index in [0.717, 1.165) is 11.4 Å². The molecule has 0 radical (unpaired) electrons. The average molecular weight is 572 g/mol. The monoisotopic (exact) mass is 571 g/mol. The average Bonchev–Trinajstić information content (AvgIpc) is 3.12. The van der Waals surface area contributed by atoms with Gasteiger partial charge >= 0.3 is 5.97 Å². The first-order valence-electron chi connectivity index (χ1n) is 14.1. The lowest BCUT2D eigenvalue weighted by Crippen LogP contribution is -2.39. The molecule has 0 amide bonds. The van der Waals surface area contributed by atoms with E-state index < -0.39 is 5.97 Å². The number of hydrogen-bond donors (Lipinski definition) is 1. The van der Waals surface area contributed by atoms with Crippen molar-refractivity contribution >= 4 is 11.7 Å². The third kappa shape index (κ3) is 12.7. The summed E-state index contributed by atoms with van der Waals surface area (Å²) in [6.07, 6.45) is 0.116. The van der Waals surface area contributed by atoms with Crippen LogP contribution in [0.2, 0.25) is 0 Å². The lowest BCUT2D eigenvalue weighted by molar-refractivity contribution is -0.136. The van der Waals surface area contributed by atoms with Crippen molar-refractivity contribution < 1.29 is 47.8 Å². The summed E-state index contributed by atoms with van der Waals surface area (Å²) >= 11 is 0. The zero-order valence-electron chi connectivity index (χ0n) is 24.7. The van der Waals surface area contributed by atoms with Gasteiger partial charge < -0.3 is 47.9 Å². The van der Waals surface area contributed by atoms with Gasteiger partial charge in [0, 0.05) is 30.8 Å². The van der Waals surface area contributed by atoms with Crippen molar-refractivity contribution in [3.8, 4) is 5.75 Å². The van der Waals surface area contributed by atoms with Gasteiger partial charge in [-0.25, -0.2) is 0 Å². The Hall–Kier alpha value is -1.99. The second-order valence-electron chi connectivity index (χ2n) is 9.93. The molecular formula is C29H49NO10. The molecule has 1 unspecified atom stereocenters. The van der Waals surface area contributed by atoms with E-state index in [9.17, 15) is 4.79 Å². The highest BCUT2D eigenvalue weighted by molar-refractivity contribution is 5.70. The lowest BCUT2D eigenvalue weighted by Gasteiger charge is -2.31. The second-order valence-corrected chi connectivity index (χ2v) is 9.93. The van der Waals surface area contributed by atoms with Crippen molar-refractivity contribution in [1.29, 1.82) is 0 Å². The Bertz CT molecular complexity index is 822. The van der Waals surface area contributed by atoms with Crippen molar-refractivity contribution in [1.82, 2.24) is 0 Å². The zero-order valence-corrected chi connectivity index (χ0v) is 24.7. The van der Waals surface area contributed by atoms with Gasteiger partial charge in [-0.05, 0) is 30.7 Å². The number of anilines is 1. The summed E-state index contributed by atoms with van der Waals surface area (Å²) in [6.45, 7) is 14.2. The van der Waals surface area contributed by atoms with E-state index >= 15 is 0 Å². The van der Waals surface area contributed by atoms with Gasteiger partial charge in [0.25, 0.3) is 0 Å². The Morgan fingerprint density at radius 1 is 0.775 bits per heavy atom. The highest BCUT2D eigenvalue weighted by Crippen LogP contribution is 2.46. The van der Waals surface area contributed by atoms with E-state index in [2.05, 4.69) is 31.7 Å². The number of benzene rings is 1. The SMILES string of the molecule is COCCOCCOCCOCCOCCOCCOCCOc1ccc2c(c1)C(C)(C)C(C)N2CCC(=O)O. The third-order valence-electron chi connectivity index (χ3n) is 6.84. The molecule has 0 bridgehead atoms. The van der Waals surface area contributed by atoms with E-state index in [-0.39, 0.29) is 17.9 Å². The van der Waals surface area contributed by atoms with Gasteiger partial charge in [0.1, 0.15) is 12.4 Å². The van der Waals surface area contributed by atoms with Crippen LogP contribution in [-0.4, -0.2) is 123 Å². The van der Waals surface area contributed by atoms with Crippen LogP contribution in [0.25, 0.3) is 0 Å². The predicted octanol–water partition coefficient (Wildman–Crippen LogP) is 2.77. The third-order valence-corrected chi connectivity index (χ3v) is 6.84. The van der Waals surface area contributed by atoms with E-state index in [1.165, 1.54) is 5.56 Å². The lowest BCUT2D eigenvalue weighted by atomic mass is 9.81. The number of ether oxygens (including phenoxy) is 8. The molecule has 40 heavy (non-hydrogen) atoms. The van der Waals surface area contributed by atoms with Crippen molar-refractivity contribution in [3.63, 3.8) is 0 Å². The summed E-state index contributed by atoms with van der Waals surface area (Å²) in [7, 11) is 1.64. The van der Waals surface area contributed by atoms with Crippen LogP contribution in [0.15, 0.2) is 18.2 Å². The van der Waals surface area contributed by atoms with Crippen LogP contribution in [0.1, 0.15) is 32.8 Å². The number of carboxylic acids is 1. The molecule has 230 valence electrons. The van der Waals surface area contributed by atoms with Gasteiger partial charge in [0.15, 0.2) is 0 Å². The van der Waals surface area contributed by atoms with E-state index in [1.54, 1.807) is 7.11 Å². The van der Waals surface area contributed by atoms with Gasteiger partial charge in [0.2, 0.25) is 0 Å². The maximum Gasteiger partial charge on any atom is 0.305 e. The first-order valence-corrected chi connectivity index (χ1v) is 14.1. The minimum Gasteiger partial charge on any atom is -0.491 e. The highest BCUT2D eigenvalue weighted by Gasteiger charge is 2.41. The summed E-state index contributed by atoms with van der Waals surface area (Å²) in [5.41, 5.74) is 2.15. The summed E-state index contributed by atoms with van der Waals surface area (Å²) in [5, 5.41) is 9.09. The first kappa shape index (κ1) is 34.2. The molecule has 0 aromatic heterocycles. The summed E-state index contributed by atoms with van der Waals surface area (Å²) in [5.74, 6) is 0.00359. The quantitative estimate of drug-likeness (QED) is 0.175. The van der Waals surface area contributed by atoms with E-state index in [0.29, 0.717) is 99.0 Å². The molecule has 0 saturated heterocycles. The minimum atomic E-state index is -0.784. The van der Waals surface area contributed by atoms with Crippen LogP contribution in [0.5, 0.6) is 5.75 Å². The normalized spacial score (nSPS) is 15.9. The number of carbonyl (C=O) groups is 1. The number of hydrogen-bond acceptors (Lipinski definition) is 10. The van der Waals surface area contributed by atoms with Crippen molar-refractivity contribution in [2.75, 3.05) is 111 Å². The molecule has 2 rings (SSSR count). The number of carboxylic acid groups (broad SMARTS) is 1. The Kier molecular flexibility index (Phi) is 17.1. The van der Waals surface area contributed by atoms with Crippen LogP contribution in [0.3, 0.4) is 0 Å². The molecule has 11 heteroatoms. The largest absolute Gasteiger partial charge is 0.491 e. The molecular weight excluding hydrogens is 522 g/mol. The van der Waals surface area contributed by atoms with Gasteiger partial charge in [-0.15, -0.1) is 0 Å². The Labute approximate surface area is 238 Å². The molecule has 0 spiro atoms. The number of aliphatic carboxylic acids is 1. The van der Waals surface area contributed by atoms with Gasteiger partial charge in [-0.2, -0.15) is 0 Å². The molecule has 0 saturated carbocycles. The molecule has 1 aromatic rings. The first-order chi connectivity index (χ1) is 19.4. The van der Waals surface area contributed by atoms with Crippen LogP contribution in [0.4, 0.5) is 5.69 Å². The van der Waals surface area contributed by atoms with Crippen LogP contribution in [-0.2, 0) is 43.4 Å². The molecule has 1 aromatic carbocycles. The minimum absolute atomic E-state index is 0.104. The van der Waals surface area contributed by atoms with E-state index in [4.69, 9.17) is 43.0 Å². The summed E-state index contributed by atoms with van der Waals surface area (Å²) < 4.78 is 43.5. The molecule has 0 aliphatic carbocycles. The van der Waals surface area contributed by atoms with Crippen LogP contribution < -0.4 is 9.64 Å². The fraction of sp³-hybridized carbons (Fsp3) is 0.759. The highest BCUT2D eigenvalue weighted by atomic mass is 16.6. The molecule has 1 aliphatic rings. The van der Waals surface area contributed by atoms with Crippen molar-refractivity contribution in [2.24, 2.45) is 0 Å². The number of nitrogens with zero attached hydrogens (tertiary/aromatic N) is 1. The van der Waals surface area contributed by atoms with Gasteiger partial charge in [-0.3, -0.25) is 4.79 Å². The number of methoxy groups -OCH3 is 1. The maximum absolute atomic E-state index is 11.1. The molecule has 11 nitrogen and oxygen atoms in total. The Balaban J connectivity index is 1.42. The topological polar surface area (TPSA) is 114 Å². The molecule has 1 N–H and O–H groups in total. The number of fused-ring (bicyclic) bond motifs is 1. The number of rotatable bonds is 25. The second kappa shape index (κ2) is 20.0. The maximum atomic E-state index is 11.1. The Morgan fingerprint density at radius 3 is 1.68 bits per heavy atom. The van der Waals surface area contributed by atoms with Crippen molar-refractivity contribution in [2.45, 2.75) is 38.6 Å². The van der Waals surface area contributed by atoms with E-state index in [1.807, 2.05) is 12.1 Å².